The SMILES string of the molecule is CNc1nc(NC2(C)CCN(C)C2)nc2nc(C)cc(C)c12. The average molecular weight is 300 g/mol. The first-order valence-corrected chi connectivity index (χ1v) is 7.71. The van der Waals surface area contributed by atoms with Gasteiger partial charge in [-0.25, -0.2) is 4.98 Å². The molecule has 1 aliphatic rings. The second-order valence-corrected chi connectivity index (χ2v) is 6.60. The molecule has 22 heavy (non-hydrogen) atoms. The highest BCUT2D eigenvalue weighted by molar-refractivity contribution is 5.90. The lowest BCUT2D eigenvalue weighted by Gasteiger charge is -2.25. The van der Waals surface area contributed by atoms with Gasteiger partial charge in [-0.05, 0) is 45.9 Å². The van der Waals surface area contributed by atoms with Crippen LogP contribution in [0.15, 0.2) is 6.07 Å². The van der Waals surface area contributed by atoms with E-state index < -0.39 is 0 Å². The van der Waals surface area contributed by atoms with Crippen molar-refractivity contribution in [1.82, 2.24) is 19.9 Å². The highest BCUT2D eigenvalue weighted by Gasteiger charge is 2.32. The molecule has 118 valence electrons. The molecule has 3 heterocycles. The van der Waals surface area contributed by atoms with Crippen LogP contribution in [-0.4, -0.2) is 52.6 Å². The summed E-state index contributed by atoms with van der Waals surface area (Å²) >= 11 is 0. The minimum atomic E-state index is 0.00626. The van der Waals surface area contributed by atoms with Crippen LogP contribution < -0.4 is 10.6 Å². The Kier molecular flexibility index (Phi) is 3.64. The van der Waals surface area contributed by atoms with E-state index in [4.69, 9.17) is 0 Å². The van der Waals surface area contributed by atoms with Crippen molar-refractivity contribution in [2.75, 3.05) is 37.8 Å². The number of nitrogens with one attached hydrogen (secondary N) is 2. The monoisotopic (exact) mass is 300 g/mol. The molecule has 0 bridgehead atoms. The fourth-order valence-electron chi connectivity index (χ4n) is 3.28. The summed E-state index contributed by atoms with van der Waals surface area (Å²) in [5, 5.41) is 7.68. The molecule has 2 aromatic heterocycles. The van der Waals surface area contributed by atoms with Crippen LogP contribution in [0.25, 0.3) is 11.0 Å². The van der Waals surface area contributed by atoms with Crippen molar-refractivity contribution in [3.05, 3.63) is 17.3 Å². The zero-order valence-electron chi connectivity index (χ0n) is 14.0. The summed E-state index contributed by atoms with van der Waals surface area (Å²) in [7, 11) is 4.03. The van der Waals surface area contributed by atoms with Gasteiger partial charge in [-0.2, -0.15) is 9.97 Å². The van der Waals surface area contributed by atoms with E-state index in [0.29, 0.717) is 5.95 Å². The van der Waals surface area contributed by atoms with E-state index in [-0.39, 0.29) is 5.54 Å². The standard InChI is InChI=1S/C16H24N6/c1-10-8-11(2)18-14-12(10)13(17-4)19-15(20-14)21-16(3)6-7-22(5)9-16/h8H,6-7,9H2,1-5H3,(H2,17,18,19,20,21). The largest absolute Gasteiger partial charge is 0.372 e. The summed E-state index contributed by atoms with van der Waals surface area (Å²) in [6, 6.07) is 2.06. The molecular formula is C16H24N6. The first kappa shape index (κ1) is 15.0. The van der Waals surface area contributed by atoms with Gasteiger partial charge in [0.1, 0.15) is 5.82 Å². The van der Waals surface area contributed by atoms with Crippen LogP contribution in [0.1, 0.15) is 24.6 Å². The van der Waals surface area contributed by atoms with Crippen molar-refractivity contribution in [1.29, 1.82) is 0 Å². The van der Waals surface area contributed by atoms with Crippen molar-refractivity contribution in [2.45, 2.75) is 32.7 Å². The van der Waals surface area contributed by atoms with Crippen LogP contribution in [0.3, 0.4) is 0 Å². The Morgan fingerprint density at radius 3 is 2.64 bits per heavy atom. The van der Waals surface area contributed by atoms with Gasteiger partial charge in [0.05, 0.1) is 10.9 Å². The highest BCUT2D eigenvalue weighted by atomic mass is 15.2. The molecule has 1 saturated heterocycles. The van der Waals surface area contributed by atoms with E-state index in [2.05, 4.69) is 57.4 Å². The molecule has 6 heteroatoms. The van der Waals surface area contributed by atoms with E-state index in [0.717, 1.165) is 47.6 Å². The Balaban J connectivity index is 2.04. The van der Waals surface area contributed by atoms with Crippen LogP contribution in [0.2, 0.25) is 0 Å². The summed E-state index contributed by atoms with van der Waals surface area (Å²) in [5.74, 6) is 1.47. The lowest BCUT2D eigenvalue weighted by molar-refractivity contribution is 0.391. The Labute approximate surface area is 131 Å². The quantitative estimate of drug-likeness (QED) is 0.906. The number of hydrogen-bond acceptors (Lipinski definition) is 6. The third-order valence-electron chi connectivity index (χ3n) is 4.31. The predicted octanol–water partition coefficient (Wildman–Crippen LogP) is 2.19. The minimum Gasteiger partial charge on any atom is -0.372 e. The number of anilines is 2. The van der Waals surface area contributed by atoms with E-state index in [1.807, 2.05) is 14.0 Å². The molecule has 0 amide bonds. The van der Waals surface area contributed by atoms with Gasteiger partial charge in [-0.15, -0.1) is 0 Å². The van der Waals surface area contributed by atoms with Gasteiger partial charge in [0, 0.05) is 25.8 Å². The second kappa shape index (κ2) is 5.35. The Morgan fingerprint density at radius 1 is 1.23 bits per heavy atom. The molecule has 1 aliphatic heterocycles. The van der Waals surface area contributed by atoms with Gasteiger partial charge in [0.25, 0.3) is 0 Å². The summed E-state index contributed by atoms with van der Waals surface area (Å²) in [4.78, 5) is 16.2. The van der Waals surface area contributed by atoms with Crippen LogP contribution in [0.5, 0.6) is 0 Å². The molecule has 6 nitrogen and oxygen atoms in total. The van der Waals surface area contributed by atoms with Crippen LogP contribution >= 0.6 is 0 Å². The summed E-state index contributed by atoms with van der Waals surface area (Å²) in [5.41, 5.74) is 2.87. The smallest absolute Gasteiger partial charge is 0.227 e. The molecule has 0 aliphatic carbocycles. The minimum absolute atomic E-state index is 0.00626. The number of pyridine rings is 1. The Morgan fingerprint density at radius 2 is 2.00 bits per heavy atom. The van der Waals surface area contributed by atoms with Gasteiger partial charge in [-0.3, -0.25) is 0 Å². The van der Waals surface area contributed by atoms with Crippen LogP contribution in [0.4, 0.5) is 11.8 Å². The van der Waals surface area contributed by atoms with Crippen molar-refractivity contribution in [2.24, 2.45) is 0 Å². The fraction of sp³-hybridized carbons (Fsp3) is 0.562. The summed E-state index contributed by atoms with van der Waals surface area (Å²) in [6.07, 6.45) is 1.08. The Bertz CT molecular complexity index is 713. The highest BCUT2D eigenvalue weighted by Crippen LogP contribution is 2.28. The van der Waals surface area contributed by atoms with E-state index >= 15 is 0 Å². The second-order valence-electron chi connectivity index (χ2n) is 6.60. The number of nitrogens with zero attached hydrogens (tertiary/aromatic N) is 4. The molecule has 3 rings (SSSR count). The lowest BCUT2D eigenvalue weighted by atomic mass is 10.0. The summed E-state index contributed by atoms with van der Waals surface area (Å²) < 4.78 is 0. The van der Waals surface area contributed by atoms with Crippen molar-refractivity contribution < 1.29 is 0 Å². The molecule has 0 aromatic carbocycles. The number of aromatic nitrogens is 3. The Hall–Kier alpha value is -1.95. The average Bonchev–Trinajstić information content (AvgIpc) is 2.76. The summed E-state index contributed by atoms with van der Waals surface area (Å²) in [6.45, 7) is 8.36. The van der Waals surface area contributed by atoms with E-state index in [1.165, 1.54) is 0 Å². The number of fused-ring (bicyclic) bond motifs is 1. The molecule has 1 fully saturated rings. The zero-order valence-corrected chi connectivity index (χ0v) is 14.0. The maximum absolute atomic E-state index is 4.65. The molecule has 2 N–H and O–H groups in total. The van der Waals surface area contributed by atoms with Gasteiger partial charge >= 0.3 is 0 Å². The van der Waals surface area contributed by atoms with Gasteiger partial charge in [0.15, 0.2) is 5.65 Å². The van der Waals surface area contributed by atoms with Gasteiger partial charge in [0.2, 0.25) is 5.95 Å². The van der Waals surface area contributed by atoms with Gasteiger partial charge < -0.3 is 15.5 Å². The molecule has 0 radical (unpaired) electrons. The number of aryl methyl sites for hydroxylation is 2. The third-order valence-corrected chi connectivity index (χ3v) is 4.31. The van der Waals surface area contributed by atoms with E-state index in [9.17, 15) is 0 Å². The number of likely N-dealkylation sites (N-methyl/N-ethyl adjacent to an activating group) is 1. The van der Waals surface area contributed by atoms with Crippen molar-refractivity contribution in [3.63, 3.8) is 0 Å². The first-order chi connectivity index (χ1) is 10.4. The molecule has 0 saturated carbocycles. The fourth-order valence-corrected chi connectivity index (χ4v) is 3.28. The molecule has 2 aromatic rings. The topological polar surface area (TPSA) is 66.0 Å². The molecular weight excluding hydrogens is 276 g/mol. The van der Waals surface area contributed by atoms with E-state index in [1.54, 1.807) is 0 Å². The van der Waals surface area contributed by atoms with Crippen molar-refractivity contribution in [3.8, 4) is 0 Å². The third kappa shape index (κ3) is 2.70. The van der Waals surface area contributed by atoms with Crippen LogP contribution in [-0.2, 0) is 0 Å². The lowest BCUT2D eigenvalue weighted by Crippen LogP contribution is -2.38. The number of hydrogen-bond donors (Lipinski definition) is 2. The zero-order chi connectivity index (χ0) is 15.9. The first-order valence-electron chi connectivity index (χ1n) is 7.71. The normalized spacial score (nSPS) is 22.2. The molecule has 1 atom stereocenters. The number of rotatable bonds is 3. The predicted molar refractivity (Wildman–Crippen MR) is 90.5 cm³/mol. The molecule has 1 unspecified atom stereocenters. The van der Waals surface area contributed by atoms with Crippen molar-refractivity contribution >= 4 is 22.8 Å². The van der Waals surface area contributed by atoms with Crippen LogP contribution in [0, 0.1) is 13.8 Å². The maximum Gasteiger partial charge on any atom is 0.227 e. The number of likely N-dealkylation sites (tertiary alicyclic amines) is 1. The molecule has 0 spiro atoms. The maximum atomic E-state index is 4.65. The van der Waals surface area contributed by atoms with Gasteiger partial charge in [-0.1, -0.05) is 0 Å².